The molecule has 6 nitrogen and oxygen atoms in total. The standard InChI is InChI=1S/C21H19ClN4O2S2/c1-2-26-20(18-4-3-11-29-18)24-25-21(26)30-13-19(27)23-12-16-9-10-17(28-16)14-5-7-15(22)8-6-14/h3-11H,2,12-13H2,1H3,(H,23,27). The molecular weight excluding hydrogens is 440 g/mol. The number of carbonyl (C=O) groups is 1. The lowest BCUT2D eigenvalue weighted by Gasteiger charge is -2.06. The Labute approximate surface area is 187 Å². The Balaban J connectivity index is 1.31. The normalized spacial score (nSPS) is 11.0. The molecule has 9 heteroatoms. The van der Waals surface area contributed by atoms with Crippen LogP contribution in [0.4, 0.5) is 0 Å². The Morgan fingerprint density at radius 2 is 2.03 bits per heavy atom. The van der Waals surface area contributed by atoms with E-state index in [0.29, 0.717) is 17.3 Å². The summed E-state index contributed by atoms with van der Waals surface area (Å²) in [6.45, 7) is 3.11. The average molecular weight is 459 g/mol. The van der Waals surface area contributed by atoms with Crippen LogP contribution in [0.25, 0.3) is 22.0 Å². The molecule has 1 N–H and O–H groups in total. The lowest BCUT2D eigenvalue weighted by molar-refractivity contribution is -0.118. The minimum Gasteiger partial charge on any atom is -0.459 e. The fraction of sp³-hybridized carbons (Fsp3) is 0.190. The van der Waals surface area contributed by atoms with Crippen molar-refractivity contribution < 1.29 is 9.21 Å². The first-order chi connectivity index (χ1) is 14.6. The number of halogens is 1. The fourth-order valence-electron chi connectivity index (χ4n) is 2.88. The highest BCUT2D eigenvalue weighted by molar-refractivity contribution is 7.99. The van der Waals surface area contributed by atoms with Crippen LogP contribution in [0.2, 0.25) is 5.02 Å². The van der Waals surface area contributed by atoms with Gasteiger partial charge in [0, 0.05) is 17.1 Å². The van der Waals surface area contributed by atoms with Gasteiger partial charge in [0.25, 0.3) is 0 Å². The van der Waals surface area contributed by atoms with E-state index in [-0.39, 0.29) is 11.7 Å². The second-order valence-corrected chi connectivity index (χ2v) is 8.69. The van der Waals surface area contributed by atoms with E-state index >= 15 is 0 Å². The van der Waals surface area contributed by atoms with Crippen molar-refractivity contribution in [2.45, 2.75) is 25.2 Å². The minimum atomic E-state index is -0.0900. The maximum absolute atomic E-state index is 12.3. The summed E-state index contributed by atoms with van der Waals surface area (Å²) in [6, 6.07) is 15.2. The van der Waals surface area contributed by atoms with Gasteiger partial charge in [-0.15, -0.1) is 21.5 Å². The Bertz CT molecular complexity index is 1120. The van der Waals surface area contributed by atoms with Crippen LogP contribution < -0.4 is 5.32 Å². The van der Waals surface area contributed by atoms with Crippen molar-refractivity contribution >= 4 is 40.6 Å². The second kappa shape index (κ2) is 9.51. The highest BCUT2D eigenvalue weighted by Crippen LogP contribution is 2.27. The third-order valence-corrected chi connectivity index (χ3v) is 6.44. The molecule has 0 radical (unpaired) electrons. The van der Waals surface area contributed by atoms with E-state index in [1.165, 1.54) is 11.8 Å². The summed E-state index contributed by atoms with van der Waals surface area (Å²) in [4.78, 5) is 13.4. The Hall–Kier alpha value is -2.55. The summed E-state index contributed by atoms with van der Waals surface area (Å²) in [7, 11) is 0. The number of thioether (sulfide) groups is 1. The van der Waals surface area contributed by atoms with Crippen LogP contribution in [0.1, 0.15) is 12.7 Å². The van der Waals surface area contributed by atoms with Crippen molar-refractivity contribution in [1.82, 2.24) is 20.1 Å². The number of carbonyl (C=O) groups excluding carboxylic acids is 1. The first-order valence-electron chi connectivity index (χ1n) is 9.35. The zero-order valence-electron chi connectivity index (χ0n) is 16.2. The Morgan fingerprint density at radius 1 is 1.20 bits per heavy atom. The lowest BCUT2D eigenvalue weighted by Crippen LogP contribution is -2.24. The van der Waals surface area contributed by atoms with Gasteiger partial charge in [-0.1, -0.05) is 29.4 Å². The molecule has 0 aliphatic heterocycles. The molecule has 4 aromatic rings. The Morgan fingerprint density at radius 3 is 2.77 bits per heavy atom. The van der Waals surface area contributed by atoms with E-state index in [1.54, 1.807) is 11.3 Å². The van der Waals surface area contributed by atoms with Gasteiger partial charge in [0.2, 0.25) is 5.91 Å². The SMILES string of the molecule is CCn1c(SCC(=O)NCc2ccc(-c3ccc(Cl)cc3)o2)nnc1-c1cccs1. The third kappa shape index (κ3) is 4.77. The quantitative estimate of drug-likeness (QED) is 0.360. The molecule has 3 heterocycles. The number of hydrogen-bond acceptors (Lipinski definition) is 6. The molecule has 0 bridgehead atoms. The molecule has 0 aliphatic carbocycles. The molecule has 30 heavy (non-hydrogen) atoms. The van der Waals surface area contributed by atoms with Gasteiger partial charge in [-0.3, -0.25) is 4.79 Å². The van der Waals surface area contributed by atoms with E-state index in [9.17, 15) is 4.79 Å². The molecule has 0 aliphatic rings. The number of thiophene rings is 1. The zero-order chi connectivity index (χ0) is 20.9. The molecule has 1 aromatic carbocycles. The number of rotatable bonds is 8. The number of nitrogens with one attached hydrogen (secondary N) is 1. The summed E-state index contributed by atoms with van der Waals surface area (Å²) in [5, 5.41) is 14.8. The lowest BCUT2D eigenvalue weighted by atomic mass is 10.2. The number of aromatic nitrogens is 3. The predicted molar refractivity (Wildman–Crippen MR) is 121 cm³/mol. The van der Waals surface area contributed by atoms with Crippen molar-refractivity contribution in [3.05, 3.63) is 64.7 Å². The summed E-state index contributed by atoms with van der Waals surface area (Å²) >= 11 is 8.92. The van der Waals surface area contributed by atoms with Crippen molar-refractivity contribution in [1.29, 1.82) is 0 Å². The van der Waals surface area contributed by atoms with E-state index in [4.69, 9.17) is 16.0 Å². The third-order valence-electron chi connectivity index (χ3n) is 4.36. The molecule has 154 valence electrons. The van der Waals surface area contributed by atoms with E-state index in [1.807, 2.05) is 65.4 Å². The van der Waals surface area contributed by atoms with Gasteiger partial charge >= 0.3 is 0 Å². The maximum atomic E-state index is 12.3. The van der Waals surface area contributed by atoms with Crippen LogP contribution in [-0.4, -0.2) is 26.4 Å². The smallest absolute Gasteiger partial charge is 0.230 e. The molecule has 0 saturated carbocycles. The van der Waals surface area contributed by atoms with Gasteiger partial charge < -0.3 is 14.3 Å². The van der Waals surface area contributed by atoms with Crippen LogP contribution in [0.5, 0.6) is 0 Å². The molecule has 0 spiro atoms. The van der Waals surface area contributed by atoms with Crippen molar-refractivity contribution in [2.75, 3.05) is 5.75 Å². The number of amides is 1. The summed E-state index contributed by atoms with van der Waals surface area (Å²) in [5.41, 5.74) is 0.938. The summed E-state index contributed by atoms with van der Waals surface area (Å²) in [6.07, 6.45) is 0. The van der Waals surface area contributed by atoms with Gasteiger partial charge in [-0.25, -0.2) is 0 Å². The monoisotopic (exact) mass is 458 g/mol. The second-order valence-electron chi connectivity index (χ2n) is 6.37. The number of benzene rings is 1. The molecule has 0 fully saturated rings. The molecule has 4 rings (SSSR count). The average Bonchev–Trinajstić information content (AvgIpc) is 3.51. The van der Waals surface area contributed by atoms with Crippen LogP contribution >= 0.6 is 34.7 Å². The van der Waals surface area contributed by atoms with E-state index < -0.39 is 0 Å². The van der Waals surface area contributed by atoms with Crippen LogP contribution in [0, 0.1) is 0 Å². The summed E-state index contributed by atoms with van der Waals surface area (Å²) in [5.74, 6) is 2.43. The minimum absolute atomic E-state index is 0.0900. The maximum Gasteiger partial charge on any atom is 0.230 e. The predicted octanol–water partition coefficient (Wildman–Crippen LogP) is 5.35. The van der Waals surface area contributed by atoms with Crippen molar-refractivity contribution in [2.24, 2.45) is 0 Å². The molecule has 3 aromatic heterocycles. The molecule has 1 amide bonds. The van der Waals surface area contributed by atoms with Gasteiger partial charge in [-0.05, 0) is 54.8 Å². The molecule has 0 atom stereocenters. The van der Waals surface area contributed by atoms with Crippen molar-refractivity contribution in [3.8, 4) is 22.0 Å². The number of hydrogen-bond donors (Lipinski definition) is 1. The molecule has 0 saturated heterocycles. The van der Waals surface area contributed by atoms with E-state index in [0.717, 1.165) is 33.7 Å². The number of nitrogens with zero attached hydrogens (tertiary/aromatic N) is 3. The van der Waals surface area contributed by atoms with Gasteiger partial charge in [0.05, 0.1) is 17.2 Å². The zero-order valence-corrected chi connectivity index (χ0v) is 18.6. The van der Waals surface area contributed by atoms with Gasteiger partial charge in [0.1, 0.15) is 11.5 Å². The highest BCUT2D eigenvalue weighted by Gasteiger charge is 2.15. The van der Waals surface area contributed by atoms with Crippen molar-refractivity contribution in [3.63, 3.8) is 0 Å². The van der Waals surface area contributed by atoms with Gasteiger partial charge in [0.15, 0.2) is 11.0 Å². The molecule has 0 unspecified atom stereocenters. The van der Waals surface area contributed by atoms with Gasteiger partial charge in [-0.2, -0.15) is 0 Å². The van der Waals surface area contributed by atoms with Crippen LogP contribution in [0.15, 0.2) is 63.5 Å². The number of furan rings is 1. The Kier molecular flexibility index (Phi) is 6.56. The summed E-state index contributed by atoms with van der Waals surface area (Å²) < 4.78 is 7.84. The fourth-order valence-corrected chi connectivity index (χ4v) is 4.55. The topological polar surface area (TPSA) is 73.0 Å². The van der Waals surface area contributed by atoms with Crippen LogP contribution in [0.3, 0.4) is 0 Å². The highest BCUT2D eigenvalue weighted by atomic mass is 35.5. The molecular formula is C21H19ClN4O2S2. The van der Waals surface area contributed by atoms with E-state index in [2.05, 4.69) is 15.5 Å². The van der Waals surface area contributed by atoms with Crippen LogP contribution in [-0.2, 0) is 17.9 Å². The first kappa shape index (κ1) is 20.7. The first-order valence-corrected chi connectivity index (χ1v) is 11.6. The largest absolute Gasteiger partial charge is 0.459 e.